The van der Waals surface area contributed by atoms with Crippen molar-refractivity contribution >= 4 is 17.3 Å². The number of hydrogen-bond acceptors (Lipinski definition) is 2. The van der Waals surface area contributed by atoms with Gasteiger partial charge in [-0.05, 0) is 69.3 Å². The molecule has 0 aliphatic carbocycles. The topological polar surface area (TPSA) is 3.24 Å². The highest BCUT2D eigenvalue weighted by molar-refractivity contribution is 8.01. The highest BCUT2D eigenvalue weighted by Gasteiger charge is 2.40. The summed E-state index contributed by atoms with van der Waals surface area (Å²) in [6.07, 6.45) is 3.37. The van der Waals surface area contributed by atoms with Gasteiger partial charge in [-0.3, -0.25) is 0 Å². The fraction of sp³-hybridized carbons (Fsp3) is 0.333. The summed E-state index contributed by atoms with van der Waals surface area (Å²) in [6.45, 7) is 5.41. The van der Waals surface area contributed by atoms with Crippen LogP contribution in [0.1, 0.15) is 30.0 Å². The number of fused-ring (bicyclic) bond motifs is 1. The van der Waals surface area contributed by atoms with Gasteiger partial charge in [-0.15, -0.1) is 11.8 Å². The molecule has 0 spiro atoms. The lowest BCUT2D eigenvalue weighted by Crippen LogP contribution is -2.16. The van der Waals surface area contributed by atoms with Gasteiger partial charge in [-0.1, -0.05) is 35.9 Å². The molecule has 0 aromatic heterocycles. The predicted octanol–water partition coefficient (Wildman–Crippen LogP) is 5.49. The van der Waals surface area contributed by atoms with Crippen molar-refractivity contribution in [1.29, 1.82) is 0 Å². The highest BCUT2D eigenvalue weighted by Crippen LogP contribution is 2.58. The second kappa shape index (κ2) is 6.73. The van der Waals surface area contributed by atoms with Crippen molar-refractivity contribution in [1.82, 2.24) is 4.90 Å². The standard InChI is InChI=1S/C21H24FNS/c1-15-7-12-20-18(14-15)19(6-5-13-23(3)4)21(2,24-20)16-8-10-17(22)11-9-16/h6-12,14H,5,13H2,1-4H3/b19-6-. The van der Waals surface area contributed by atoms with Gasteiger partial charge in [-0.2, -0.15) is 0 Å². The molecule has 126 valence electrons. The van der Waals surface area contributed by atoms with Crippen molar-refractivity contribution in [2.75, 3.05) is 20.6 Å². The SMILES string of the molecule is Cc1ccc2c(c1)/C(=C/CCN(C)C)C(C)(c1ccc(F)cc1)S2. The fourth-order valence-corrected chi connectivity index (χ4v) is 4.64. The van der Waals surface area contributed by atoms with E-state index in [1.165, 1.54) is 21.6 Å². The minimum Gasteiger partial charge on any atom is -0.309 e. The molecule has 2 aromatic rings. The van der Waals surface area contributed by atoms with Crippen molar-refractivity contribution in [3.05, 3.63) is 71.0 Å². The van der Waals surface area contributed by atoms with E-state index in [0.29, 0.717) is 0 Å². The third-order valence-electron chi connectivity index (χ3n) is 4.57. The highest BCUT2D eigenvalue weighted by atomic mass is 32.2. The van der Waals surface area contributed by atoms with E-state index in [2.05, 4.69) is 57.1 Å². The van der Waals surface area contributed by atoms with Crippen LogP contribution in [-0.2, 0) is 4.75 Å². The van der Waals surface area contributed by atoms with E-state index >= 15 is 0 Å². The van der Waals surface area contributed by atoms with E-state index in [1.807, 2.05) is 23.9 Å². The molecule has 3 heteroatoms. The average molecular weight is 341 g/mol. The average Bonchev–Trinajstić information content (AvgIpc) is 2.81. The molecule has 24 heavy (non-hydrogen) atoms. The molecule has 0 bridgehead atoms. The first-order valence-electron chi connectivity index (χ1n) is 8.31. The second-order valence-corrected chi connectivity index (χ2v) is 8.31. The summed E-state index contributed by atoms with van der Waals surface area (Å²) in [5.74, 6) is -0.183. The van der Waals surface area contributed by atoms with Crippen LogP contribution >= 0.6 is 11.8 Å². The molecule has 0 fully saturated rings. The minimum atomic E-state index is -0.183. The van der Waals surface area contributed by atoms with Gasteiger partial charge in [-0.25, -0.2) is 4.39 Å². The van der Waals surface area contributed by atoms with E-state index in [0.717, 1.165) is 18.5 Å². The molecule has 1 unspecified atom stereocenters. The molecule has 1 aliphatic rings. The van der Waals surface area contributed by atoms with Gasteiger partial charge in [0, 0.05) is 11.4 Å². The van der Waals surface area contributed by atoms with Crippen LogP contribution in [0.25, 0.3) is 5.57 Å². The van der Waals surface area contributed by atoms with Crippen molar-refractivity contribution in [2.24, 2.45) is 0 Å². The Morgan fingerprint density at radius 1 is 1.12 bits per heavy atom. The van der Waals surface area contributed by atoms with Crippen molar-refractivity contribution in [2.45, 2.75) is 29.9 Å². The van der Waals surface area contributed by atoms with Gasteiger partial charge >= 0.3 is 0 Å². The van der Waals surface area contributed by atoms with Gasteiger partial charge in [0.25, 0.3) is 0 Å². The van der Waals surface area contributed by atoms with E-state index in [-0.39, 0.29) is 10.6 Å². The van der Waals surface area contributed by atoms with Crippen LogP contribution in [0.2, 0.25) is 0 Å². The van der Waals surface area contributed by atoms with E-state index in [1.54, 1.807) is 12.1 Å². The van der Waals surface area contributed by atoms with E-state index in [9.17, 15) is 4.39 Å². The van der Waals surface area contributed by atoms with E-state index in [4.69, 9.17) is 0 Å². The summed E-state index contributed by atoms with van der Waals surface area (Å²) < 4.78 is 13.2. The van der Waals surface area contributed by atoms with Crippen molar-refractivity contribution in [3.8, 4) is 0 Å². The van der Waals surface area contributed by atoms with Crippen LogP contribution in [0.15, 0.2) is 53.4 Å². The molecule has 3 rings (SSSR count). The fourth-order valence-electron chi connectivity index (χ4n) is 3.23. The molecule has 1 aliphatic heterocycles. The summed E-state index contributed by atoms with van der Waals surface area (Å²) in [4.78, 5) is 3.51. The molecule has 0 radical (unpaired) electrons. The van der Waals surface area contributed by atoms with Crippen LogP contribution < -0.4 is 0 Å². The summed E-state index contributed by atoms with van der Waals surface area (Å²) in [5, 5.41) is 0. The number of rotatable bonds is 4. The number of aryl methyl sites for hydroxylation is 1. The second-order valence-electron chi connectivity index (χ2n) is 6.85. The Labute approximate surface area is 148 Å². The molecule has 1 nitrogen and oxygen atoms in total. The maximum atomic E-state index is 13.4. The zero-order valence-corrected chi connectivity index (χ0v) is 15.6. The lowest BCUT2D eigenvalue weighted by molar-refractivity contribution is 0.417. The number of halogens is 1. The molecule has 1 atom stereocenters. The number of nitrogens with zero attached hydrogens (tertiary/aromatic N) is 1. The maximum Gasteiger partial charge on any atom is 0.123 e. The molecule has 0 saturated heterocycles. The van der Waals surface area contributed by atoms with Gasteiger partial charge in [0.1, 0.15) is 5.82 Å². The first-order chi connectivity index (χ1) is 11.4. The lowest BCUT2D eigenvalue weighted by atomic mass is 9.86. The number of thioether (sulfide) groups is 1. The minimum absolute atomic E-state index is 0.170. The molecule has 0 amide bonds. The summed E-state index contributed by atoms with van der Waals surface area (Å²) in [6, 6.07) is 13.6. The van der Waals surface area contributed by atoms with Crippen LogP contribution in [0.3, 0.4) is 0 Å². The molecular weight excluding hydrogens is 317 g/mol. The smallest absolute Gasteiger partial charge is 0.123 e. The van der Waals surface area contributed by atoms with Crippen LogP contribution in [0.4, 0.5) is 4.39 Å². The van der Waals surface area contributed by atoms with Crippen LogP contribution in [0.5, 0.6) is 0 Å². The Morgan fingerprint density at radius 3 is 2.50 bits per heavy atom. The molecule has 1 heterocycles. The van der Waals surface area contributed by atoms with Crippen LogP contribution in [-0.4, -0.2) is 25.5 Å². The normalized spacial score (nSPS) is 21.5. The lowest BCUT2D eigenvalue weighted by Gasteiger charge is -2.26. The largest absolute Gasteiger partial charge is 0.309 e. The zero-order chi connectivity index (χ0) is 17.3. The Hall–Kier alpha value is -1.58. The molecule has 2 aromatic carbocycles. The number of hydrogen-bond donors (Lipinski definition) is 0. The van der Waals surface area contributed by atoms with Crippen molar-refractivity contribution < 1.29 is 4.39 Å². The van der Waals surface area contributed by atoms with Gasteiger partial charge in [0.2, 0.25) is 0 Å². The molecular formula is C21H24FNS. The third-order valence-corrected chi connectivity index (χ3v) is 6.01. The molecule has 0 N–H and O–H groups in total. The van der Waals surface area contributed by atoms with Crippen LogP contribution in [0, 0.1) is 12.7 Å². The predicted molar refractivity (Wildman–Crippen MR) is 102 cm³/mol. The Bertz CT molecular complexity index is 764. The first-order valence-corrected chi connectivity index (χ1v) is 9.13. The third kappa shape index (κ3) is 3.28. The summed E-state index contributed by atoms with van der Waals surface area (Å²) in [7, 11) is 4.19. The maximum absolute atomic E-state index is 13.4. The van der Waals surface area contributed by atoms with E-state index < -0.39 is 0 Å². The van der Waals surface area contributed by atoms with Crippen molar-refractivity contribution in [3.63, 3.8) is 0 Å². The van der Waals surface area contributed by atoms with Gasteiger partial charge in [0.15, 0.2) is 0 Å². The monoisotopic (exact) mass is 341 g/mol. The Kier molecular flexibility index (Phi) is 4.84. The Morgan fingerprint density at radius 2 is 1.83 bits per heavy atom. The summed E-state index contributed by atoms with van der Waals surface area (Å²) >= 11 is 1.87. The van der Waals surface area contributed by atoms with Gasteiger partial charge in [0.05, 0.1) is 4.75 Å². The molecule has 0 saturated carbocycles. The number of benzene rings is 2. The zero-order valence-electron chi connectivity index (χ0n) is 14.8. The first kappa shape index (κ1) is 17.2. The summed E-state index contributed by atoms with van der Waals surface area (Å²) in [5.41, 5.74) is 5.10. The quantitative estimate of drug-likeness (QED) is 0.723. The Balaban J connectivity index is 2.06. The van der Waals surface area contributed by atoms with Gasteiger partial charge < -0.3 is 4.90 Å².